The fraction of sp³-hybridized carbons (Fsp3) is 0.712. The van der Waals surface area contributed by atoms with Crippen LogP contribution in [0.4, 0.5) is 5.69 Å². The van der Waals surface area contributed by atoms with Crippen LogP contribution in [0.15, 0.2) is 30.3 Å². The Morgan fingerprint density at radius 1 is 0.592 bits per heavy atom. The number of ketones is 1. The Morgan fingerprint density at radius 2 is 1.03 bits per heavy atom. The molecule has 0 saturated carbocycles. The third-order valence-corrected chi connectivity index (χ3v) is 13.5. The van der Waals surface area contributed by atoms with E-state index in [-0.39, 0.29) is 35.7 Å². The summed E-state index contributed by atoms with van der Waals surface area (Å²) in [5.74, 6) is -0.344. The van der Waals surface area contributed by atoms with Crippen LogP contribution >= 0.6 is 0 Å². The molecule has 0 spiro atoms. The number of nitrogens with zero attached hydrogens (tertiary/aromatic N) is 1. The molecule has 4 rings (SSSR count). The average molecular weight is 1020 g/mol. The SMILES string of the molecule is COCCOCCOCCOCCOCCOCCOCCOCCOCCOCCOCCNC(=O)CCC1(CCC(C)=O)c2cc(C)ccc2-c2cc3c(cc21)[N+](CCCS(=O)(=O)O)=C(C)C3(C)C. The van der Waals surface area contributed by atoms with Crippen LogP contribution in [0.25, 0.3) is 11.1 Å². The standard InChI is InChI=1S/C52H82N2O16S/c1-41-8-9-44-45-39-48-49(54(43(3)51(48,4)5)15-7-37-71(57,58)59)40-47(45)52(46(44)38-41,12-10-42(2)55)13-11-50(56)53-14-16-61-19-20-63-23-24-65-27-28-67-31-32-69-35-36-70-34-33-68-30-29-66-26-25-64-22-21-62-18-17-60-6/h8-9,38-40H,7,10-37H2,1-6H3,(H-,53,56,57,58,59)/p+1. The highest BCUT2D eigenvalue weighted by atomic mass is 32.2. The summed E-state index contributed by atoms with van der Waals surface area (Å²) in [6, 6.07) is 10.9. The van der Waals surface area contributed by atoms with E-state index in [1.807, 2.05) is 0 Å². The van der Waals surface area contributed by atoms with Crippen molar-refractivity contribution >= 4 is 33.2 Å². The molecule has 1 atom stereocenters. The number of rotatable bonds is 43. The Balaban J connectivity index is 1.03. The van der Waals surface area contributed by atoms with Crippen molar-refractivity contribution in [2.24, 2.45) is 0 Å². The molecule has 1 aliphatic carbocycles. The molecule has 1 aliphatic heterocycles. The molecule has 0 aromatic heterocycles. The van der Waals surface area contributed by atoms with Crippen LogP contribution in [-0.4, -0.2) is 200 Å². The Bertz CT molecular complexity index is 2050. The summed E-state index contributed by atoms with van der Waals surface area (Å²) in [6.07, 6.45) is 1.91. The van der Waals surface area contributed by atoms with E-state index < -0.39 is 15.5 Å². The monoisotopic (exact) mass is 1020 g/mol. The quantitative estimate of drug-likeness (QED) is 0.0509. The van der Waals surface area contributed by atoms with Crippen LogP contribution in [-0.2, 0) is 82.6 Å². The van der Waals surface area contributed by atoms with Crippen molar-refractivity contribution in [3.05, 3.63) is 52.6 Å². The van der Waals surface area contributed by atoms with E-state index >= 15 is 0 Å². The minimum Gasteiger partial charge on any atom is -0.382 e. The van der Waals surface area contributed by atoms with Crippen LogP contribution in [0.1, 0.15) is 82.1 Å². The van der Waals surface area contributed by atoms with Gasteiger partial charge >= 0.3 is 0 Å². The molecule has 19 heteroatoms. The first-order valence-corrected chi connectivity index (χ1v) is 26.7. The number of carbonyl (C=O) groups is 2. The molecule has 0 saturated heterocycles. The molecular weight excluding hydrogens is 941 g/mol. The van der Waals surface area contributed by atoms with E-state index in [2.05, 4.69) is 67.9 Å². The first-order chi connectivity index (χ1) is 34.2. The number of fused-ring (bicyclic) bond motifs is 4. The molecule has 71 heavy (non-hydrogen) atoms. The second kappa shape index (κ2) is 32.8. The van der Waals surface area contributed by atoms with Gasteiger partial charge in [-0.2, -0.15) is 13.0 Å². The number of ether oxygens (including phenoxy) is 11. The lowest BCUT2D eigenvalue weighted by atomic mass is 9.70. The molecule has 2 aromatic rings. The summed E-state index contributed by atoms with van der Waals surface area (Å²) < 4.78 is 94.9. The van der Waals surface area contributed by atoms with E-state index in [0.717, 1.165) is 44.8 Å². The number of methoxy groups -OCH3 is 1. The lowest BCUT2D eigenvalue weighted by Gasteiger charge is -2.32. The smallest absolute Gasteiger partial charge is 0.265 e. The van der Waals surface area contributed by atoms with Crippen molar-refractivity contribution in [2.75, 3.05) is 165 Å². The van der Waals surface area contributed by atoms with Gasteiger partial charge in [0.25, 0.3) is 10.1 Å². The van der Waals surface area contributed by atoms with Crippen molar-refractivity contribution in [3.8, 4) is 11.1 Å². The summed E-state index contributed by atoms with van der Waals surface area (Å²) >= 11 is 0. The Labute approximate surface area is 422 Å². The second-order valence-electron chi connectivity index (χ2n) is 18.2. The Morgan fingerprint density at radius 3 is 1.48 bits per heavy atom. The average Bonchev–Trinajstić information content (AvgIpc) is 3.69. The van der Waals surface area contributed by atoms with E-state index in [4.69, 9.17) is 52.1 Å². The molecule has 18 nitrogen and oxygen atoms in total. The Hall–Kier alpha value is -3.28. The van der Waals surface area contributed by atoms with Gasteiger partial charge in [-0.1, -0.05) is 23.8 Å². The normalized spacial score (nSPS) is 15.9. The topological polar surface area (TPSA) is 205 Å². The van der Waals surface area contributed by atoms with E-state index in [9.17, 15) is 22.6 Å². The molecule has 0 fully saturated rings. The van der Waals surface area contributed by atoms with Gasteiger partial charge in [0.15, 0.2) is 5.71 Å². The predicted molar refractivity (Wildman–Crippen MR) is 269 cm³/mol. The minimum absolute atomic E-state index is 0.0816. The zero-order valence-corrected chi connectivity index (χ0v) is 44.1. The third kappa shape index (κ3) is 20.9. The number of hydrogen-bond donors (Lipinski definition) is 2. The van der Waals surface area contributed by atoms with Gasteiger partial charge in [-0.15, -0.1) is 0 Å². The van der Waals surface area contributed by atoms with Crippen LogP contribution in [0, 0.1) is 6.92 Å². The van der Waals surface area contributed by atoms with Crippen LogP contribution in [0.5, 0.6) is 0 Å². The number of benzene rings is 2. The van der Waals surface area contributed by atoms with Crippen molar-refractivity contribution in [1.29, 1.82) is 0 Å². The van der Waals surface area contributed by atoms with Gasteiger partial charge in [-0.25, -0.2) is 0 Å². The fourth-order valence-corrected chi connectivity index (χ4v) is 9.22. The maximum atomic E-state index is 13.4. The highest BCUT2D eigenvalue weighted by Crippen LogP contribution is 2.57. The fourth-order valence-electron chi connectivity index (χ4n) is 8.73. The first-order valence-electron chi connectivity index (χ1n) is 25.1. The summed E-state index contributed by atoms with van der Waals surface area (Å²) in [5, 5.41) is 3.01. The first kappa shape index (κ1) is 60.3. The van der Waals surface area contributed by atoms with Crippen molar-refractivity contribution < 1.29 is 79.2 Å². The molecule has 0 bridgehead atoms. The van der Waals surface area contributed by atoms with Crippen LogP contribution in [0.3, 0.4) is 0 Å². The zero-order chi connectivity index (χ0) is 51.4. The molecule has 2 aromatic carbocycles. The number of amides is 1. The van der Waals surface area contributed by atoms with Crippen LogP contribution in [0.2, 0.25) is 0 Å². The van der Waals surface area contributed by atoms with Gasteiger partial charge in [0.1, 0.15) is 12.3 Å². The molecule has 0 radical (unpaired) electrons. The molecule has 2 N–H and O–H groups in total. The lowest BCUT2D eigenvalue weighted by molar-refractivity contribution is -0.438. The molecule has 1 heterocycles. The maximum Gasteiger partial charge on any atom is 0.265 e. The number of hydrogen-bond acceptors (Lipinski definition) is 15. The minimum atomic E-state index is -4.10. The number of Topliss-reactive ketones (excluding diaryl/α,β-unsaturated/α-hetero) is 1. The molecule has 1 unspecified atom stereocenters. The van der Waals surface area contributed by atoms with Gasteiger partial charge < -0.3 is 62.2 Å². The zero-order valence-electron chi connectivity index (χ0n) is 43.3. The predicted octanol–water partition coefficient (Wildman–Crippen LogP) is 5.01. The van der Waals surface area contributed by atoms with Gasteiger partial charge in [0.2, 0.25) is 11.6 Å². The van der Waals surface area contributed by atoms with Gasteiger partial charge in [-0.05, 0) is 68.9 Å². The van der Waals surface area contributed by atoms with Crippen molar-refractivity contribution in [2.45, 2.75) is 77.6 Å². The molecule has 2 aliphatic rings. The van der Waals surface area contributed by atoms with Crippen LogP contribution < -0.4 is 5.32 Å². The number of nitrogens with one attached hydrogen (secondary N) is 1. The van der Waals surface area contributed by atoms with Crippen molar-refractivity contribution in [3.63, 3.8) is 0 Å². The third-order valence-electron chi connectivity index (χ3n) is 12.7. The lowest BCUT2D eigenvalue weighted by Crippen LogP contribution is -2.32. The second-order valence-corrected chi connectivity index (χ2v) is 19.8. The Kier molecular flexibility index (Phi) is 27.9. The highest BCUT2D eigenvalue weighted by molar-refractivity contribution is 7.85. The summed E-state index contributed by atoms with van der Waals surface area (Å²) in [6.45, 7) is 20.8. The van der Waals surface area contributed by atoms with Gasteiger partial charge in [0.05, 0.1) is 150 Å². The van der Waals surface area contributed by atoms with Gasteiger partial charge in [-0.3, -0.25) is 9.35 Å². The molecular formula is C52H83N2O16S+. The van der Waals surface area contributed by atoms with E-state index in [1.54, 1.807) is 14.0 Å². The molecule has 1 amide bonds. The maximum absolute atomic E-state index is 13.4. The van der Waals surface area contributed by atoms with E-state index in [0.29, 0.717) is 171 Å². The van der Waals surface area contributed by atoms with Crippen molar-refractivity contribution in [1.82, 2.24) is 5.32 Å². The number of carbonyl (C=O) groups excluding carboxylic acids is 2. The number of aryl methyl sites for hydroxylation is 1. The summed E-state index contributed by atoms with van der Waals surface area (Å²) in [7, 11) is -2.47. The highest BCUT2D eigenvalue weighted by Gasteiger charge is 2.49. The molecule has 402 valence electrons. The summed E-state index contributed by atoms with van der Waals surface area (Å²) in [5.41, 5.74) is 7.80. The summed E-state index contributed by atoms with van der Waals surface area (Å²) in [4.78, 5) is 26.0. The van der Waals surface area contributed by atoms with E-state index in [1.165, 1.54) is 0 Å². The van der Waals surface area contributed by atoms with Gasteiger partial charge in [0, 0.05) is 56.9 Å². The largest absolute Gasteiger partial charge is 0.382 e.